The molecule has 0 aliphatic carbocycles. The molecule has 2 rings (SSSR count). The number of likely N-dealkylation sites (N-methyl/N-ethyl adjacent to an activating group) is 2. The summed E-state index contributed by atoms with van der Waals surface area (Å²) in [4.78, 5) is 72.7. The standard InChI is InChI=1S/C39H65N5O7/c1-13-26(6)35(43(10)39(49)33(24(2)3)41-38(48)34(25(4)5)42(8)9)31(50-11)22-32(46)44-23-29(45)21-30(44)36(51-12)27(7)37(47)40-20-19-28-17-15-14-16-18-28/h14-18,24-27,30-31,33-36H,13,19-23H2,1-12H3,(H,40,47)(H,41,48)/t26-,27+,30+,31+,33-,34-,35-,36+/m0/s1. The molecule has 0 aromatic heterocycles. The summed E-state index contributed by atoms with van der Waals surface area (Å²) >= 11 is 0. The molecule has 0 radical (unpaired) electrons. The number of methoxy groups -OCH3 is 2. The molecule has 12 heteroatoms. The lowest BCUT2D eigenvalue weighted by molar-refractivity contribution is -0.148. The van der Waals surface area contributed by atoms with Crippen molar-refractivity contribution in [3.63, 3.8) is 0 Å². The lowest BCUT2D eigenvalue weighted by Crippen LogP contribution is -2.59. The van der Waals surface area contributed by atoms with E-state index in [9.17, 15) is 24.0 Å². The molecule has 1 fully saturated rings. The molecule has 0 spiro atoms. The highest BCUT2D eigenvalue weighted by Gasteiger charge is 2.45. The van der Waals surface area contributed by atoms with Crippen molar-refractivity contribution in [3.8, 4) is 0 Å². The molecule has 4 amide bonds. The number of rotatable bonds is 20. The van der Waals surface area contributed by atoms with Crippen LogP contribution in [-0.4, -0.2) is 129 Å². The molecule has 12 nitrogen and oxygen atoms in total. The van der Waals surface area contributed by atoms with Crippen LogP contribution in [0.5, 0.6) is 0 Å². The van der Waals surface area contributed by atoms with Crippen LogP contribution in [0.4, 0.5) is 0 Å². The zero-order valence-electron chi connectivity index (χ0n) is 33.1. The van der Waals surface area contributed by atoms with Gasteiger partial charge in [0.05, 0.1) is 49.2 Å². The van der Waals surface area contributed by atoms with E-state index in [1.807, 2.05) is 90.9 Å². The van der Waals surface area contributed by atoms with Crippen LogP contribution >= 0.6 is 0 Å². The van der Waals surface area contributed by atoms with Crippen LogP contribution in [0.2, 0.25) is 0 Å². The molecular formula is C39H65N5O7. The van der Waals surface area contributed by atoms with Crippen molar-refractivity contribution in [2.75, 3.05) is 48.5 Å². The van der Waals surface area contributed by atoms with E-state index in [4.69, 9.17) is 9.47 Å². The normalized spacial score (nSPS) is 19.0. The number of carbonyl (C=O) groups excluding carboxylic acids is 5. The van der Waals surface area contributed by atoms with E-state index >= 15 is 0 Å². The zero-order chi connectivity index (χ0) is 38.6. The summed E-state index contributed by atoms with van der Waals surface area (Å²) in [6.45, 7) is 13.9. The van der Waals surface area contributed by atoms with Gasteiger partial charge in [-0.1, -0.05) is 85.2 Å². The van der Waals surface area contributed by atoms with Gasteiger partial charge in [0.25, 0.3) is 0 Å². The summed E-state index contributed by atoms with van der Waals surface area (Å²) in [6, 6.07) is 7.53. The van der Waals surface area contributed by atoms with E-state index in [1.54, 1.807) is 18.9 Å². The summed E-state index contributed by atoms with van der Waals surface area (Å²) in [5.74, 6) is -1.97. The number of hydrogen-bond acceptors (Lipinski definition) is 8. The van der Waals surface area contributed by atoms with Crippen LogP contribution in [0.1, 0.15) is 73.3 Å². The van der Waals surface area contributed by atoms with Crippen molar-refractivity contribution in [1.29, 1.82) is 0 Å². The Morgan fingerprint density at radius 3 is 2.06 bits per heavy atom. The third-order valence-electron chi connectivity index (χ3n) is 10.4. The van der Waals surface area contributed by atoms with E-state index in [1.165, 1.54) is 19.1 Å². The van der Waals surface area contributed by atoms with Crippen LogP contribution in [0.25, 0.3) is 0 Å². The maximum atomic E-state index is 14.2. The first-order valence-corrected chi connectivity index (χ1v) is 18.4. The second-order valence-corrected chi connectivity index (χ2v) is 15.0. The van der Waals surface area contributed by atoms with Crippen molar-refractivity contribution in [3.05, 3.63) is 35.9 Å². The van der Waals surface area contributed by atoms with Crippen molar-refractivity contribution >= 4 is 29.4 Å². The summed E-state index contributed by atoms with van der Waals surface area (Å²) in [5.41, 5.74) is 1.11. The fourth-order valence-electron chi connectivity index (χ4n) is 7.39. The second-order valence-electron chi connectivity index (χ2n) is 15.0. The molecular weight excluding hydrogens is 650 g/mol. The Balaban J connectivity index is 2.26. The van der Waals surface area contributed by atoms with Crippen LogP contribution in [-0.2, 0) is 39.9 Å². The minimum atomic E-state index is -0.785. The summed E-state index contributed by atoms with van der Waals surface area (Å²) in [6.07, 6.45) is -0.0359. The average molecular weight is 716 g/mol. The van der Waals surface area contributed by atoms with Gasteiger partial charge in [-0.25, -0.2) is 0 Å². The van der Waals surface area contributed by atoms with Crippen LogP contribution in [0, 0.1) is 23.7 Å². The highest BCUT2D eigenvalue weighted by Crippen LogP contribution is 2.28. The van der Waals surface area contributed by atoms with Crippen LogP contribution < -0.4 is 10.6 Å². The maximum absolute atomic E-state index is 14.2. The first kappa shape index (κ1) is 43.8. The first-order valence-electron chi connectivity index (χ1n) is 18.4. The van der Waals surface area contributed by atoms with E-state index in [2.05, 4.69) is 10.6 Å². The lowest BCUT2D eigenvalue weighted by Gasteiger charge is -2.41. The molecule has 1 aromatic carbocycles. The third-order valence-corrected chi connectivity index (χ3v) is 10.4. The molecule has 51 heavy (non-hydrogen) atoms. The Morgan fingerprint density at radius 1 is 0.922 bits per heavy atom. The molecule has 1 saturated heterocycles. The van der Waals surface area contributed by atoms with E-state index < -0.39 is 42.3 Å². The highest BCUT2D eigenvalue weighted by atomic mass is 16.5. The van der Waals surface area contributed by atoms with Crippen molar-refractivity contribution < 1.29 is 33.4 Å². The molecule has 8 atom stereocenters. The Labute approximate surface area is 306 Å². The van der Waals surface area contributed by atoms with Crippen molar-refractivity contribution in [2.24, 2.45) is 23.7 Å². The quantitative estimate of drug-likeness (QED) is 0.210. The van der Waals surface area contributed by atoms with Gasteiger partial charge in [-0.15, -0.1) is 0 Å². The summed E-state index contributed by atoms with van der Waals surface area (Å²) in [5, 5.41) is 5.99. The van der Waals surface area contributed by atoms with Gasteiger partial charge >= 0.3 is 0 Å². The van der Waals surface area contributed by atoms with Gasteiger partial charge in [-0.3, -0.25) is 28.9 Å². The monoisotopic (exact) mass is 715 g/mol. The van der Waals surface area contributed by atoms with Crippen LogP contribution in [0.3, 0.4) is 0 Å². The molecule has 1 aliphatic rings. The molecule has 0 bridgehead atoms. The Kier molecular flexibility index (Phi) is 17.7. The summed E-state index contributed by atoms with van der Waals surface area (Å²) in [7, 11) is 8.40. The van der Waals surface area contributed by atoms with Crippen molar-refractivity contribution in [1.82, 2.24) is 25.3 Å². The molecule has 2 N–H and O–H groups in total. The van der Waals surface area contributed by atoms with Gasteiger partial charge in [0.1, 0.15) is 6.04 Å². The topological polar surface area (TPSA) is 138 Å². The van der Waals surface area contributed by atoms with Crippen LogP contribution in [0.15, 0.2) is 30.3 Å². The second kappa shape index (κ2) is 20.6. The van der Waals surface area contributed by atoms with E-state index in [0.29, 0.717) is 19.4 Å². The van der Waals surface area contributed by atoms with Gasteiger partial charge < -0.3 is 29.9 Å². The van der Waals surface area contributed by atoms with Crippen molar-refractivity contribution in [2.45, 2.75) is 111 Å². The summed E-state index contributed by atoms with van der Waals surface area (Å²) < 4.78 is 11.8. The largest absolute Gasteiger partial charge is 0.379 e. The number of ketones is 1. The molecule has 1 aromatic rings. The number of likely N-dealkylation sites (tertiary alicyclic amines) is 1. The predicted octanol–water partition coefficient (Wildman–Crippen LogP) is 3.17. The number of hydrogen-bond donors (Lipinski definition) is 2. The van der Waals surface area contributed by atoms with Gasteiger partial charge in [0.2, 0.25) is 23.6 Å². The number of Topliss-reactive ketones (excluding diaryl/α,β-unsaturated/α-hetero) is 1. The maximum Gasteiger partial charge on any atom is 0.245 e. The Hall–Kier alpha value is -3.35. The number of nitrogens with zero attached hydrogens (tertiary/aromatic N) is 3. The first-order chi connectivity index (χ1) is 24.0. The SMILES string of the molecule is CC[C@H](C)[C@@H]([C@@H](CC(=O)N1CC(=O)C[C@@H]1[C@H](OC)[C@@H](C)C(=O)NCCc1ccccc1)OC)N(C)C(=O)[C@@H](NC(=O)[C@H](C(C)C)N(C)C)C(C)C. The molecule has 1 aliphatic heterocycles. The van der Waals surface area contributed by atoms with Gasteiger partial charge in [-0.2, -0.15) is 0 Å². The fourth-order valence-corrected chi connectivity index (χ4v) is 7.39. The predicted molar refractivity (Wildman–Crippen MR) is 199 cm³/mol. The highest BCUT2D eigenvalue weighted by molar-refractivity contribution is 5.92. The molecule has 1 heterocycles. The molecule has 0 unspecified atom stereocenters. The van der Waals surface area contributed by atoms with Gasteiger partial charge in [-0.05, 0) is 43.8 Å². The molecule has 288 valence electrons. The smallest absolute Gasteiger partial charge is 0.245 e. The number of carbonyl (C=O) groups is 5. The minimum absolute atomic E-state index is 0.0356. The molecule has 0 saturated carbocycles. The Morgan fingerprint density at radius 2 is 1.55 bits per heavy atom. The fraction of sp³-hybridized carbons (Fsp3) is 0.718. The van der Waals surface area contributed by atoms with E-state index in [0.717, 1.165) is 5.56 Å². The lowest BCUT2D eigenvalue weighted by atomic mass is 9.89. The number of nitrogens with one attached hydrogen (secondary N) is 2. The number of amides is 4. The third kappa shape index (κ3) is 11.8. The number of ether oxygens (including phenoxy) is 2. The number of benzene rings is 1. The zero-order valence-corrected chi connectivity index (χ0v) is 33.1. The Bertz CT molecular complexity index is 1280. The van der Waals surface area contributed by atoms with Gasteiger partial charge in [0, 0.05) is 34.2 Å². The minimum Gasteiger partial charge on any atom is -0.379 e. The van der Waals surface area contributed by atoms with E-state index in [-0.39, 0.29) is 66.6 Å². The van der Waals surface area contributed by atoms with Gasteiger partial charge in [0.15, 0.2) is 5.78 Å². The average Bonchev–Trinajstić information content (AvgIpc) is 3.47.